The summed E-state index contributed by atoms with van der Waals surface area (Å²) < 4.78 is 0. The van der Waals surface area contributed by atoms with Gasteiger partial charge in [-0.3, -0.25) is 10.9 Å². The van der Waals surface area contributed by atoms with Crippen molar-refractivity contribution in [3.8, 4) is 0 Å². The lowest BCUT2D eigenvalue weighted by Gasteiger charge is -2.12. The van der Waals surface area contributed by atoms with Gasteiger partial charge in [-0.25, -0.2) is 0 Å². The maximum Gasteiger partial charge on any atom is 0.191 e. The van der Waals surface area contributed by atoms with Crippen LogP contribution in [0.25, 0.3) is 0 Å². The molecule has 3 aromatic carbocycles. The van der Waals surface area contributed by atoms with Gasteiger partial charge in [-0.05, 0) is 85.5 Å². The van der Waals surface area contributed by atoms with Crippen molar-refractivity contribution in [1.29, 1.82) is 0 Å². The van der Waals surface area contributed by atoms with Crippen LogP contribution >= 0.6 is 24.4 Å². The molecule has 0 fully saturated rings. The van der Waals surface area contributed by atoms with Crippen LogP contribution in [0.2, 0.25) is 0 Å². The SMILES string of the molecule is Cc1cccc(C)c1NC(=S)N/N=C/c1ccc(/C=N/NC(=S)Nc2c(C)cccc2C)cc1. The van der Waals surface area contributed by atoms with Crippen molar-refractivity contribution in [2.75, 3.05) is 10.6 Å². The molecular weight excluding hydrogens is 460 g/mol. The van der Waals surface area contributed by atoms with Crippen LogP contribution in [0.15, 0.2) is 70.9 Å². The van der Waals surface area contributed by atoms with Crippen LogP contribution in [0.3, 0.4) is 0 Å². The average Bonchev–Trinajstić information content (AvgIpc) is 2.80. The van der Waals surface area contributed by atoms with E-state index >= 15 is 0 Å². The number of hydrogen-bond acceptors (Lipinski definition) is 4. The van der Waals surface area contributed by atoms with E-state index in [4.69, 9.17) is 24.4 Å². The fourth-order valence-electron chi connectivity index (χ4n) is 3.31. The summed E-state index contributed by atoms with van der Waals surface area (Å²) in [4.78, 5) is 0. The molecule has 0 saturated heterocycles. The Morgan fingerprint density at radius 2 is 0.912 bits per heavy atom. The van der Waals surface area contributed by atoms with Crippen molar-refractivity contribution in [1.82, 2.24) is 10.9 Å². The van der Waals surface area contributed by atoms with Gasteiger partial charge in [0.1, 0.15) is 0 Å². The van der Waals surface area contributed by atoms with Crippen molar-refractivity contribution in [3.05, 3.63) is 94.0 Å². The minimum absolute atomic E-state index is 0.439. The minimum atomic E-state index is 0.439. The Balaban J connectivity index is 1.48. The standard InChI is InChI=1S/C26H28N6S2/c1-17-7-5-8-18(2)23(17)29-25(33)31-27-15-21-11-13-22(14-12-21)16-28-32-26(34)30-24-19(3)9-6-10-20(24)4/h5-16H,1-4H3,(H2,29,31,33)(H2,30,32,34)/b27-15+,28-16+. The van der Waals surface area contributed by atoms with Gasteiger partial charge in [-0.1, -0.05) is 60.7 Å². The summed E-state index contributed by atoms with van der Waals surface area (Å²) in [5.41, 5.74) is 14.1. The lowest BCUT2D eigenvalue weighted by atomic mass is 10.1. The first-order valence-electron chi connectivity index (χ1n) is 10.8. The first kappa shape index (κ1) is 25.0. The molecule has 0 saturated carbocycles. The van der Waals surface area contributed by atoms with E-state index in [2.05, 4.69) is 31.7 Å². The third-order valence-electron chi connectivity index (χ3n) is 5.14. The fourth-order valence-corrected chi connectivity index (χ4v) is 3.61. The summed E-state index contributed by atoms with van der Waals surface area (Å²) in [6.45, 7) is 8.15. The topological polar surface area (TPSA) is 72.8 Å². The first-order valence-corrected chi connectivity index (χ1v) is 11.6. The number of hydrazone groups is 2. The van der Waals surface area contributed by atoms with E-state index in [0.717, 1.165) is 44.8 Å². The second kappa shape index (κ2) is 12.0. The molecule has 6 nitrogen and oxygen atoms in total. The average molecular weight is 489 g/mol. The molecule has 3 aromatic rings. The van der Waals surface area contributed by atoms with Gasteiger partial charge in [0, 0.05) is 11.4 Å². The molecule has 0 bridgehead atoms. The molecule has 0 radical (unpaired) electrons. The molecule has 0 amide bonds. The highest BCUT2D eigenvalue weighted by molar-refractivity contribution is 7.80. The Hall–Kier alpha value is -3.62. The maximum absolute atomic E-state index is 5.34. The van der Waals surface area contributed by atoms with Crippen LogP contribution < -0.4 is 21.5 Å². The summed E-state index contributed by atoms with van der Waals surface area (Å²) in [6, 6.07) is 20.0. The number of hydrogen-bond donors (Lipinski definition) is 4. The number of benzene rings is 3. The van der Waals surface area contributed by atoms with E-state index in [1.807, 2.05) is 88.4 Å². The Labute approximate surface area is 211 Å². The lowest BCUT2D eigenvalue weighted by molar-refractivity contribution is 1.05. The number of thiocarbonyl (C=S) groups is 2. The first-order chi connectivity index (χ1) is 16.3. The zero-order valence-corrected chi connectivity index (χ0v) is 21.3. The van der Waals surface area contributed by atoms with E-state index in [9.17, 15) is 0 Å². The molecule has 34 heavy (non-hydrogen) atoms. The fraction of sp³-hybridized carbons (Fsp3) is 0.154. The van der Waals surface area contributed by atoms with Crippen molar-refractivity contribution in [2.45, 2.75) is 27.7 Å². The van der Waals surface area contributed by atoms with Gasteiger partial charge in [0.15, 0.2) is 10.2 Å². The summed E-state index contributed by atoms with van der Waals surface area (Å²) in [7, 11) is 0. The molecule has 0 unspecified atom stereocenters. The predicted molar refractivity (Wildman–Crippen MR) is 152 cm³/mol. The van der Waals surface area contributed by atoms with E-state index in [1.54, 1.807) is 12.4 Å². The monoisotopic (exact) mass is 488 g/mol. The Bertz CT molecular complexity index is 1100. The van der Waals surface area contributed by atoms with Gasteiger partial charge in [0.05, 0.1) is 12.4 Å². The van der Waals surface area contributed by atoms with Gasteiger partial charge in [0.2, 0.25) is 0 Å². The van der Waals surface area contributed by atoms with Gasteiger partial charge < -0.3 is 10.6 Å². The molecule has 4 N–H and O–H groups in total. The van der Waals surface area contributed by atoms with Crippen LogP contribution in [0.4, 0.5) is 11.4 Å². The Morgan fingerprint density at radius 3 is 1.24 bits per heavy atom. The molecule has 0 heterocycles. The van der Waals surface area contributed by atoms with Gasteiger partial charge in [-0.2, -0.15) is 10.2 Å². The molecule has 0 aliphatic carbocycles. The molecule has 0 atom stereocenters. The number of para-hydroxylation sites is 2. The second-order valence-electron chi connectivity index (χ2n) is 7.85. The molecule has 0 aliphatic heterocycles. The highest BCUT2D eigenvalue weighted by Gasteiger charge is 2.04. The largest absolute Gasteiger partial charge is 0.331 e. The molecule has 0 aliphatic rings. The van der Waals surface area contributed by atoms with Gasteiger partial charge in [0.25, 0.3) is 0 Å². The third kappa shape index (κ3) is 7.19. The molecule has 0 aromatic heterocycles. The van der Waals surface area contributed by atoms with Crippen molar-refractivity contribution in [3.63, 3.8) is 0 Å². The van der Waals surface area contributed by atoms with E-state index in [-0.39, 0.29) is 0 Å². The van der Waals surface area contributed by atoms with Gasteiger partial charge >= 0.3 is 0 Å². The summed E-state index contributed by atoms with van der Waals surface area (Å²) >= 11 is 10.7. The number of aryl methyl sites for hydroxylation is 4. The van der Waals surface area contributed by atoms with Crippen molar-refractivity contribution >= 4 is 58.5 Å². The van der Waals surface area contributed by atoms with Crippen LogP contribution in [0, 0.1) is 27.7 Å². The molecular formula is C26H28N6S2. The van der Waals surface area contributed by atoms with Crippen LogP contribution in [0.1, 0.15) is 33.4 Å². The smallest absolute Gasteiger partial charge is 0.191 e. The highest BCUT2D eigenvalue weighted by Crippen LogP contribution is 2.20. The van der Waals surface area contributed by atoms with Crippen molar-refractivity contribution < 1.29 is 0 Å². The lowest BCUT2D eigenvalue weighted by Crippen LogP contribution is -2.24. The zero-order valence-electron chi connectivity index (χ0n) is 19.6. The quantitative estimate of drug-likeness (QED) is 0.207. The summed E-state index contributed by atoms with van der Waals surface area (Å²) in [5.74, 6) is 0. The number of rotatable bonds is 6. The van der Waals surface area contributed by atoms with Crippen molar-refractivity contribution in [2.24, 2.45) is 10.2 Å². The van der Waals surface area contributed by atoms with E-state index < -0.39 is 0 Å². The van der Waals surface area contributed by atoms with E-state index in [1.165, 1.54) is 0 Å². The molecule has 3 rings (SSSR count). The zero-order chi connectivity index (χ0) is 24.5. The van der Waals surface area contributed by atoms with Crippen LogP contribution in [-0.4, -0.2) is 22.7 Å². The number of nitrogens with zero attached hydrogens (tertiary/aromatic N) is 2. The second-order valence-corrected chi connectivity index (χ2v) is 8.67. The maximum atomic E-state index is 5.34. The summed E-state index contributed by atoms with van der Waals surface area (Å²) in [5, 5.41) is 15.7. The minimum Gasteiger partial charge on any atom is -0.331 e. The van der Waals surface area contributed by atoms with E-state index in [0.29, 0.717) is 10.2 Å². The Morgan fingerprint density at radius 1 is 0.588 bits per heavy atom. The molecule has 174 valence electrons. The van der Waals surface area contributed by atoms with Gasteiger partial charge in [-0.15, -0.1) is 0 Å². The third-order valence-corrected chi connectivity index (χ3v) is 5.52. The van der Waals surface area contributed by atoms with Crippen LogP contribution in [0.5, 0.6) is 0 Å². The molecule has 0 spiro atoms. The molecule has 8 heteroatoms. The summed E-state index contributed by atoms with van der Waals surface area (Å²) in [6.07, 6.45) is 3.42. The predicted octanol–water partition coefficient (Wildman–Crippen LogP) is 5.56. The normalized spacial score (nSPS) is 10.9. The van der Waals surface area contributed by atoms with Crippen LogP contribution in [-0.2, 0) is 0 Å². The number of anilines is 2. The highest BCUT2D eigenvalue weighted by atomic mass is 32.1. The number of nitrogens with one attached hydrogen (secondary N) is 4. The Kier molecular flexibility index (Phi) is 8.84.